The number of hydrogen-bond acceptors (Lipinski definition) is 4. The van der Waals surface area contributed by atoms with Crippen LogP contribution >= 0.6 is 0 Å². The lowest BCUT2D eigenvalue weighted by molar-refractivity contribution is 0.101. The number of nitrogens with zero attached hydrogens (tertiary/aromatic N) is 1. The van der Waals surface area contributed by atoms with Crippen molar-refractivity contribution in [3.05, 3.63) is 90.0 Å². The van der Waals surface area contributed by atoms with E-state index in [0.717, 1.165) is 25.7 Å². The van der Waals surface area contributed by atoms with E-state index in [-0.39, 0.29) is 22.8 Å². The normalized spacial score (nSPS) is 16.4. The van der Waals surface area contributed by atoms with E-state index in [1.165, 1.54) is 12.1 Å². The van der Waals surface area contributed by atoms with Crippen LogP contribution in [0, 0.1) is 0 Å². The predicted octanol–water partition coefficient (Wildman–Crippen LogP) is 5.14. The summed E-state index contributed by atoms with van der Waals surface area (Å²) < 4.78 is 27.9. The van der Waals surface area contributed by atoms with Gasteiger partial charge in [-0.05, 0) is 73.9 Å². The van der Waals surface area contributed by atoms with E-state index >= 15 is 0 Å². The van der Waals surface area contributed by atoms with Crippen molar-refractivity contribution in [1.82, 2.24) is 4.31 Å². The summed E-state index contributed by atoms with van der Waals surface area (Å²) in [6.45, 7) is 2.55. The zero-order chi connectivity index (χ0) is 24.8. The maximum Gasteiger partial charge on any atom is 0.255 e. The molecule has 35 heavy (non-hydrogen) atoms. The number of piperidine rings is 1. The highest BCUT2D eigenvalue weighted by Gasteiger charge is 2.32. The minimum atomic E-state index is -3.58. The fourth-order valence-electron chi connectivity index (χ4n) is 4.28. The summed E-state index contributed by atoms with van der Waals surface area (Å²) in [6, 6.07) is 21.7. The third-order valence-corrected chi connectivity index (χ3v) is 8.15. The average molecular weight is 492 g/mol. The predicted molar refractivity (Wildman–Crippen MR) is 137 cm³/mol. The minimum Gasteiger partial charge on any atom is -0.322 e. The summed E-state index contributed by atoms with van der Waals surface area (Å²) in [7, 11) is -3.58. The van der Waals surface area contributed by atoms with E-state index < -0.39 is 10.0 Å². The summed E-state index contributed by atoms with van der Waals surface area (Å²) in [6.07, 6.45) is 3.59. The van der Waals surface area contributed by atoms with Crippen LogP contribution in [0.4, 0.5) is 11.4 Å². The van der Waals surface area contributed by atoms with E-state index in [2.05, 4.69) is 10.6 Å². The van der Waals surface area contributed by atoms with Crippen LogP contribution in [0.5, 0.6) is 0 Å². The number of anilines is 2. The molecule has 1 unspecified atom stereocenters. The zero-order valence-electron chi connectivity index (χ0n) is 19.6. The van der Waals surface area contributed by atoms with E-state index in [4.69, 9.17) is 0 Å². The molecule has 1 heterocycles. The molecular weight excluding hydrogens is 462 g/mol. The van der Waals surface area contributed by atoms with Gasteiger partial charge in [-0.3, -0.25) is 9.59 Å². The number of rotatable bonds is 7. The summed E-state index contributed by atoms with van der Waals surface area (Å²) in [4.78, 5) is 25.4. The number of sulfonamides is 1. The van der Waals surface area contributed by atoms with Crippen molar-refractivity contribution in [3.63, 3.8) is 0 Å². The van der Waals surface area contributed by atoms with Crippen molar-refractivity contribution in [3.8, 4) is 0 Å². The molecule has 2 N–H and O–H groups in total. The Kier molecular flexibility index (Phi) is 7.63. The van der Waals surface area contributed by atoms with Gasteiger partial charge in [0.2, 0.25) is 10.0 Å². The molecule has 0 radical (unpaired) electrons. The van der Waals surface area contributed by atoms with Gasteiger partial charge in [-0.2, -0.15) is 4.31 Å². The van der Waals surface area contributed by atoms with Crippen molar-refractivity contribution in [2.24, 2.45) is 0 Å². The Labute approximate surface area is 206 Å². The number of carbonyl (C=O) groups excluding carboxylic acids is 2. The Morgan fingerprint density at radius 1 is 0.829 bits per heavy atom. The van der Waals surface area contributed by atoms with Crippen LogP contribution in [-0.4, -0.2) is 37.1 Å². The average Bonchev–Trinajstić information content (AvgIpc) is 2.89. The molecule has 0 spiro atoms. The molecule has 7 nitrogen and oxygen atoms in total. The Hall–Kier alpha value is -3.49. The van der Waals surface area contributed by atoms with Gasteiger partial charge in [-0.15, -0.1) is 0 Å². The molecule has 0 aromatic heterocycles. The Balaban J connectivity index is 1.43. The monoisotopic (exact) mass is 491 g/mol. The maximum absolute atomic E-state index is 13.1. The van der Waals surface area contributed by atoms with Crippen molar-refractivity contribution < 1.29 is 18.0 Å². The highest BCUT2D eigenvalue weighted by Crippen LogP contribution is 2.27. The molecule has 0 bridgehead atoms. The summed E-state index contributed by atoms with van der Waals surface area (Å²) in [5.41, 5.74) is 1.87. The van der Waals surface area contributed by atoms with Gasteiger partial charge in [0, 0.05) is 35.1 Å². The van der Waals surface area contributed by atoms with Crippen LogP contribution in [0.3, 0.4) is 0 Å². The molecule has 1 fully saturated rings. The van der Waals surface area contributed by atoms with Crippen molar-refractivity contribution in [1.29, 1.82) is 0 Å². The van der Waals surface area contributed by atoms with E-state index in [1.54, 1.807) is 65.0 Å². The highest BCUT2D eigenvalue weighted by atomic mass is 32.2. The molecular formula is C27H29N3O4S. The molecule has 3 aromatic carbocycles. The smallest absolute Gasteiger partial charge is 0.255 e. The molecule has 8 heteroatoms. The second-order valence-electron chi connectivity index (χ2n) is 8.55. The topological polar surface area (TPSA) is 95.6 Å². The van der Waals surface area contributed by atoms with Crippen LogP contribution in [0.25, 0.3) is 0 Å². The SMILES string of the molecule is CCC1CCCCN1S(=O)(=O)c1ccc(NC(=O)c2cccc(NC(=O)c3ccccc3)c2)cc1. The van der Waals surface area contributed by atoms with Gasteiger partial charge < -0.3 is 10.6 Å². The van der Waals surface area contributed by atoms with Gasteiger partial charge in [0.25, 0.3) is 11.8 Å². The Morgan fingerprint density at radius 3 is 2.20 bits per heavy atom. The van der Waals surface area contributed by atoms with Crippen molar-refractivity contribution >= 4 is 33.2 Å². The molecule has 1 saturated heterocycles. The van der Waals surface area contributed by atoms with Gasteiger partial charge in [0.15, 0.2) is 0 Å². The summed E-state index contributed by atoms with van der Waals surface area (Å²) >= 11 is 0. The number of nitrogens with one attached hydrogen (secondary N) is 2. The zero-order valence-corrected chi connectivity index (χ0v) is 20.4. The second-order valence-corrected chi connectivity index (χ2v) is 10.4. The second kappa shape index (κ2) is 10.8. The van der Waals surface area contributed by atoms with Crippen molar-refractivity contribution in [2.75, 3.05) is 17.2 Å². The Morgan fingerprint density at radius 2 is 1.49 bits per heavy atom. The van der Waals surface area contributed by atoms with E-state index in [1.807, 2.05) is 13.0 Å². The first-order valence-electron chi connectivity index (χ1n) is 11.8. The molecule has 2 amide bonds. The summed E-state index contributed by atoms with van der Waals surface area (Å²) in [5, 5.41) is 5.58. The lowest BCUT2D eigenvalue weighted by atomic mass is 10.0. The first-order chi connectivity index (χ1) is 16.9. The third-order valence-electron chi connectivity index (χ3n) is 6.18. The third kappa shape index (κ3) is 5.78. The number of amides is 2. The molecule has 3 aromatic rings. The largest absolute Gasteiger partial charge is 0.322 e. The van der Waals surface area contributed by atoms with Crippen LogP contribution in [0.2, 0.25) is 0 Å². The minimum absolute atomic E-state index is 0.0304. The van der Waals surface area contributed by atoms with Crippen molar-refractivity contribution in [2.45, 2.75) is 43.5 Å². The van der Waals surface area contributed by atoms with Gasteiger partial charge in [0.1, 0.15) is 0 Å². The number of hydrogen-bond donors (Lipinski definition) is 2. The lowest BCUT2D eigenvalue weighted by Crippen LogP contribution is -2.43. The fourth-order valence-corrected chi connectivity index (χ4v) is 6.05. The first-order valence-corrected chi connectivity index (χ1v) is 13.2. The molecule has 1 atom stereocenters. The Bertz CT molecular complexity index is 1290. The lowest BCUT2D eigenvalue weighted by Gasteiger charge is -2.34. The highest BCUT2D eigenvalue weighted by molar-refractivity contribution is 7.89. The molecule has 4 rings (SSSR count). The van der Waals surface area contributed by atoms with Gasteiger partial charge in [-0.1, -0.05) is 37.6 Å². The maximum atomic E-state index is 13.1. The molecule has 0 aliphatic carbocycles. The van der Waals surface area contributed by atoms with Gasteiger partial charge in [0.05, 0.1) is 4.90 Å². The standard InChI is InChI=1S/C27H29N3O4S/c1-2-24-13-6-7-18-30(24)35(33,34)25-16-14-22(15-17-25)28-27(32)21-11-8-12-23(19-21)29-26(31)20-9-4-3-5-10-20/h3-5,8-12,14-17,19,24H,2,6-7,13,18H2,1H3,(H,28,32)(H,29,31). The molecule has 1 aliphatic heterocycles. The van der Waals surface area contributed by atoms with Crippen LogP contribution < -0.4 is 10.6 Å². The summed E-state index contributed by atoms with van der Waals surface area (Å²) in [5.74, 6) is -0.627. The van der Waals surface area contributed by atoms with E-state index in [9.17, 15) is 18.0 Å². The fraction of sp³-hybridized carbons (Fsp3) is 0.259. The van der Waals surface area contributed by atoms with Gasteiger partial charge in [-0.25, -0.2) is 8.42 Å². The molecule has 182 valence electrons. The number of carbonyl (C=O) groups is 2. The van der Waals surface area contributed by atoms with E-state index in [0.29, 0.717) is 29.0 Å². The molecule has 0 saturated carbocycles. The quantitative estimate of drug-likeness (QED) is 0.478. The van der Waals surface area contributed by atoms with Crippen LogP contribution in [0.1, 0.15) is 53.3 Å². The number of benzene rings is 3. The molecule has 1 aliphatic rings. The first kappa shape index (κ1) is 24.6. The van der Waals surface area contributed by atoms with Crippen LogP contribution in [0.15, 0.2) is 83.8 Å². The van der Waals surface area contributed by atoms with Gasteiger partial charge >= 0.3 is 0 Å². The van der Waals surface area contributed by atoms with Crippen LogP contribution in [-0.2, 0) is 10.0 Å².